The van der Waals surface area contributed by atoms with E-state index in [0.29, 0.717) is 22.2 Å². The maximum atomic E-state index is 14.3. The summed E-state index contributed by atoms with van der Waals surface area (Å²) in [5.74, 6) is -1.41. The molecule has 0 bridgehead atoms. The number of fused-ring (bicyclic) bond motifs is 4. The molecule has 38 heavy (non-hydrogen) atoms. The van der Waals surface area contributed by atoms with Crippen LogP contribution >= 0.6 is 0 Å². The van der Waals surface area contributed by atoms with E-state index < -0.39 is 29.7 Å². The number of rotatable bonds is 2. The molecule has 11 heteroatoms. The van der Waals surface area contributed by atoms with Crippen molar-refractivity contribution in [3.8, 4) is 11.3 Å². The topological polar surface area (TPSA) is 83.2 Å². The second kappa shape index (κ2) is 8.59. The normalized spacial score (nSPS) is 18.8. The summed E-state index contributed by atoms with van der Waals surface area (Å²) >= 11 is 0. The number of hydrogen-bond acceptors (Lipinski definition) is 5. The number of hydrazine groups is 1. The number of nitrogens with zero attached hydrogens (tertiary/aromatic N) is 6. The molecule has 2 amide bonds. The maximum absolute atomic E-state index is 14.3. The maximum Gasteiger partial charge on any atom is 0.433 e. The Morgan fingerprint density at radius 2 is 1.76 bits per heavy atom. The Balaban J connectivity index is 1.44. The number of alkyl halides is 3. The monoisotopic (exact) mass is 518 g/mol. The van der Waals surface area contributed by atoms with Crippen LogP contribution in [0.5, 0.6) is 0 Å². The van der Waals surface area contributed by atoms with Crippen LogP contribution in [0.15, 0.2) is 65.7 Å². The van der Waals surface area contributed by atoms with Crippen molar-refractivity contribution in [1.82, 2.24) is 19.6 Å². The lowest BCUT2D eigenvalue weighted by atomic mass is 9.88. The van der Waals surface area contributed by atoms with Crippen molar-refractivity contribution in [2.45, 2.75) is 32.0 Å². The van der Waals surface area contributed by atoms with E-state index >= 15 is 0 Å². The van der Waals surface area contributed by atoms with Gasteiger partial charge in [-0.1, -0.05) is 42.5 Å². The highest BCUT2D eigenvalue weighted by atomic mass is 19.4. The molecule has 192 valence electrons. The number of carbonyl (C=O) groups excluding carboxylic acids is 2. The lowest BCUT2D eigenvalue weighted by Gasteiger charge is -2.25. The van der Waals surface area contributed by atoms with Crippen molar-refractivity contribution < 1.29 is 22.8 Å². The summed E-state index contributed by atoms with van der Waals surface area (Å²) in [6.07, 6.45) is -4.15. The van der Waals surface area contributed by atoms with Gasteiger partial charge in [-0.05, 0) is 37.5 Å². The summed E-state index contributed by atoms with van der Waals surface area (Å²) in [4.78, 5) is 34.8. The molecule has 2 aliphatic rings. The lowest BCUT2D eigenvalue weighted by Crippen LogP contribution is -2.38. The van der Waals surface area contributed by atoms with Crippen LogP contribution in [0.4, 0.5) is 18.9 Å². The second-order valence-corrected chi connectivity index (χ2v) is 9.25. The van der Waals surface area contributed by atoms with Crippen LogP contribution < -0.4 is 5.01 Å². The van der Waals surface area contributed by atoms with Gasteiger partial charge >= 0.3 is 6.18 Å². The number of carbonyl (C=O) groups is 2. The minimum atomic E-state index is -4.73. The zero-order valence-electron chi connectivity index (χ0n) is 20.4. The van der Waals surface area contributed by atoms with Gasteiger partial charge in [0.2, 0.25) is 0 Å². The van der Waals surface area contributed by atoms with E-state index in [1.165, 1.54) is 11.1 Å². The van der Waals surface area contributed by atoms with E-state index in [-0.39, 0.29) is 34.7 Å². The molecule has 1 fully saturated rings. The summed E-state index contributed by atoms with van der Waals surface area (Å²) in [6.45, 7) is 1.71. The van der Waals surface area contributed by atoms with Crippen LogP contribution in [0.25, 0.3) is 16.9 Å². The van der Waals surface area contributed by atoms with Crippen molar-refractivity contribution in [2.75, 3.05) is 12.1 Å². The van der Waals surface area contributed by atoms with Gasteiger partial charge in [0.1, 0.15) is 5.71 Å². The highest BCUT2D eigenvalue weighted by molar-refractivity contribution is 6.48. The smallest absolute Gasteiger partial charge is 0.266 e. The molecular weight excluding hydrogens is 497 g/mol. The van der Waals surface area contributed by atoms with Crippen LogP contribution in [-0.4, -0.2) is 50.2 Å². The van der Waals surface area contributed by atoms with E-state index in [9.17, 15) is 22.8 Å². The van der Waals surface area contributed by atoms with Crippen molar-refractivity contribution in [3.05, 3.63) is 83.2 Å². The molecule has 1 unspecified atom stereocenters. The van der Waals surface area contributed by atoms with Crippen molar-refractivity contribution in [3.63, 3.8) is 0 Å². The Bertz CT molecular complexity index is 1640. The van der Waals surface area contributed by atoms with Gasteiger partial charge < -0.3 is 0 Å². The Hall–Kier alpha value is -4.38. The van der Waals surface area contributed by atoms with Gasteiger partial charge in [-0.15, -0.1) is 0 Å². The highest BCUT2D eigenvalue weighted by Gasteiger charge is 2.42. The average Bonchev–Trinajstić information content (AvgIpc) is 3.41. The summed E-state index contributed by atoms with van der Waals surface area (Å²) in [7, 11) is 1.69. The molecule has 0 saturated carbocycles. The van der Waals surface area contributed by atoms with Crippen molar-refractivity contribution in [1.29, 1.82) is 0 Å². The van der Waals surface area contributed by atoms with Gasteiger partial charge in [-0.2, -0.15) is 18.3 Å². The summed E-state index contributed by atoms with van der Waals surface area (Å²) in [5, 5.41) is 7.01. The van der Waals surface area contributed by atoms with Gasteiger partial charge in [0.25, 0.3) is 11.8 Å². The molecule has 3 heterocycles. The Kier molecular flexibility index (Phi) is 5.42. The summed E-state index contributed by atoms with van der Waals surface area (Å²) in [6, 6.07) is 16.7. The van der Waals surface area contributed by atoms with E-state index in [2.05, 4.69) is 15.1 Å². The molecule has 4 aromatic rings. The number of amides is 2. The second-order valence-electron chi connectivity index (χ2n) is 9.25. The van der Waals surface area contributed by atoms with E-state index in [0.717, 1.165) is 5.56 Å². The van der Waals surface area contributed by atoms with Crippen LogP contribution in [0.1, 0.15) is 34.2 Å². The quantitative estimate of drug-likeness (QED) is 0.394. The van der Waals surface area contributed by atoms with Gasteiger partial charge in [-0.3, -0.25) is 9.59 Å². The Morgan fingerprint density at radius 1 is 1.05 bits per heavy atom. The third-order valence-corrected chi connectivity index (χ3v) is 7.01. The number of benzene rings is 2. The molecule has 0 N–H and O–H groups in total. The number of para-hydroxylation sites is 1. The molecule has 0 spiro atoms. The first-order valence-electron chi connectivity index (χ1n) is 12.0. The number of aliphatic imine (C=N–C) groups is 1. The van der Waals surface area contributed by atoms with Gasteiger partial charge in [0.05, 0.1) is 17.4 Å². The van der Waals surface area contributed by atoms with Crippen LogP contribution in [-0.2, 0) is 23.8 Å². The predicted molar refractivity (Wildman–Crippen MR) is 134 cm³/mol. The molecular formula is C27H21F3N6O2. The molecule has 1 aliphatic carbocycles. The zero-order chi connectivity index (χ0) is 26.8. The first-order chi connectivity index (χ1) is 18.1. The standard InChI is InChI=1S/C27H21F3N6O2/c1-15-22(26(38)36(34(15)2)17-9-4-3-5-10-17)32-25(37)20-14-21-31-23-18-11-7-6-8-16(18)12-13-19(23)24(27(28,29)30)35(21)33-20/h3-11,14-15H,12-13H2,1-2H3. The number of aryl methyl sites for hydroxylation is 1. The van der Waals surface area contributed by atoms with Crippen LogP contribution in [0, 0.1) is 0 Å². The van der Waals surface area contributed by atoms with Crippen molar-refractivity contribution in [2.24, 2.45) is 4.99 Å². The van der Waals surface area contributed by atoms with E-state index in [4.69, 9.17) is 0 Å². The Morgan fingerprint density at radius 3 is 2.50 bits per heavy atom. The first-order valence-corrected chi connectivity index (χ1v) is 12.0. The van der Waals surface area contributed by atoms with Gasteiger partial charge in [0, 0.05) is 24.2 Å². The minimum absolute atomic E-state index is 0.0318. The fourth-order valence-corrected chi connectivity index (χ4v) is 5.08. The fraction of sp³-hybridized carbons (Fsp3) is 0.222. The number of anilines is 1. The van der Waals surface area contributed by atoms with E-state index in [1.807, 2.05) is 18.2 Å². The number of hydrogen-bond donors (Lipinski definition) is 0. The highest BCUT2D eigenvalue weighted by Crippen LogP contribution is 2.40. The Labute approximate surface area is 215 Å². The van der Waals surface area contributed by atoms with Gasteiger partial charge in [0.15, 0.2) is 17.0 Å². The fourth-order valence-electron chi connectivity index (χ4n) is 5.08. The lowest BCUT2D eigenvalue weighted by molar-refractivity contribution is -0.143. The van der Waals surface area contributed by atoms with Crippen LogP contribution in [0.2, 0.25) is 0 Å². The molecule has 2 aromatic heterocycles. The number of aromatic nitrogens is 3. The third-order valence-electron chi connectivity index (χ3n) is 7.01. The number of halogens is 3. The first kappa shape index (κ1) is 24.0. The van der Waals surface area contributed by atoms with E-state index in [1.54, 1.807) is 55.4 Å². The predicted octanol–water partition coefficient (Wildman–Crippen LogP) is 4.38. The molecule has 1 saturated heterocycles. The molecule has 1 aliphatic heterocycles. The average molecular weight is 518 g/mol. The molecule has 6 rings (SSSR count). The summed E-state index contributed by atoms with van der Waals surface area (Å²) in [5.41, 5.74) is 0.973. The van der Waals surface area contributed by atoms with Gasteiger partial charge in [-0.25, -0.2) is 24.5 Å². The zero-order valence-corrected chi connectivity index (χ0v) is 20.4. The largest absolute Gasteiger partial charge is 0.433 e. The minimum Gasteiger partial charge on any atom is -0.266 e. The molecule has 0 radical (unpaired) electrons. The molecule has 2 aromatic carbocycles. The molecule has 8 nitrogen and oxygen atoms in total. The van der Waals surface area contributed by atoms with Crippen molar-refractivity contribution >= 4 is 28.9 Å². The molecule has 1 atom stereocenters. The summed E-state index contributed by atoms with van der Waals surface area (Å²) < 4.78 is 43.6. The third kappa shape index (κ3) is 3.69. The van der Waals surface area contributed by atoms with Crippen LogP contribution in [0.3, 0.4) is 0 Å². The SMILES string of the molecule is CC1C(=NC(=O)c2cc3nc4c(c(C(F)(F)F)n3n2)CCc2ccccc2-4)C(=O)N(c2ccccc2)N1C.